The van der Waals surface area contributed by atoms with E-state index < -0.39 is 11.9 Å². The standard InChI is InChI=1S/C20H23Cl2FN2O2/c1-12(2)8-19(20(24)26)25-10-13-6-7-14(9-17(13)22)27-11-15-16(21)4-3-5-18(15)23/h3-7,9,12,19,25H,8,10-11H2,1-2H3,(H2,24,26). The zero-order valence-corrected chi connectivity index (χ0v) is 16.8. The molecule has 0 saturated heterocycles. The SMILES string of the molecule is CC(C)CC(NCc1ccc(OCc2c(F)cccc2Cl)cc1Cl)C(N)=O. The summed E-state index contributed by atoms with van der Waals surface area (Å²) in [6.45, 7) is 4.45. The number of benzene rings is 2. The van der Waals surface area contributed by atoms with Crippen LogP contribution in [0.4, 0.5) is 4.39 Å². The fraction of sp³-hybridized carbons (Fsp3) is 0.350. The van der Waals surface area contributed by atoms with E-state index >= 15 is 0 Å². The van der Waals surface area contributed by atoms with Crippen LogP contribution < -0.4 is 15.8 Å². The van der Waals surface area contributed by atoms with Gasteiger partial charge in [-0.05, 0) is 42.2 Å². The highest BCUT2D eigenvalue weighted by Crippen LogP contribution is 2.25. The number of nitrogens with one attached hydrogen (secondary N) is 1. The Hall–Kier alpha value is -1.82. The molecule has 0 saturated carbocycles. The molecule has 2 aromatic carbocycles. The molecule has 0 spiro atoms. The zero-order chi connectivity index (χ0) is 20.0. The average Bonchev–Trinajstić information content (AvgIpc) is 2.59. The van der Waals surface area contributed by atoms with Crippen LogP contribution in [-0.4, -0.2) is 11.9 Å². The Kier molecular flexibility index (Phi) is 7.90. The topological polar surface area (TPSA) is 64.3 Å². The maximum atomic E-state index is 13.8. The number of halogens is 3. The van der Waals surface area contributed by atoms with Crippen molar-refractivity contribution in [3.8, 4) is 5.75 Å². The Balaban J connectivity index is 1.99. The van der Waals surface area contributed by atoms with E-state index in [-0.39, 0.29) is 12.5 Å². The number of ether oxygens (including phenoxy) is 1. The molecule has 0 aliphatic heterocycles. The zero-order valence-electron chi connectivity index (χ0n) is 15.3. The number of primary amides is 1. The molecule has 1 atom stereocenters. The summed E-state index contributed by atoms with van der Waals surface area (Å²) < 4.78 is 19.4. The van der Waals surface area contributed by atoms with E-state index in [1.54, 1.807) is 30.3 Å². The maximum absolute atomic E-state index is 13.8. The Morgan fingerprint density at radius 3 is 2.56 bits per heavy atom. The van der Waals surface area contributed by atoms with Gasteiger partial charge in [0.1, 0.15) is 18.2 Å². The van der Waals surface area contributed by atoms with Crippen LogP contribution in [0, 0.1) is 11.7 Å². The van der Waals surface area contributed by atoms with Gasteiger partial charge in [0.25, 0.3) is 0 Å². The molecule has 0 radical (unpaired) electrons. The van der Waals surface area contributed by atoms with Crippen molar-refractivity contribution in [2.24, 2.45) is 11.7 Å². The van der Waals surface area contributed by atoms with Gasteiger partial charge in [0.15, 0.2) is 0 Å². The third kappa shape index (κ3) is 6.38. The third-order valence-electron chi connectivity index (χ3n) is 4.06. The van der Waals surface area contributed by atoms with Gasteiger partial charge in [-0.3, -0.25) is 4.79 Å². The van der Waals surface area contributed by atoms with E-state index in [2.05, 4.69) is 5.32 Å². The normalized spacial score (nSPS) is 12.2. The quantitative estimate of drug-likeness (QED) is 0.626. The first-order valence-corrected chi connectivity index (χ1v) is 9.40. The van der Waals surface area contributed by atoms with Gasteiger partial charge in [0.2, 0.25) is 5.91 Å². The molecule has 4 nitrogen and oxygen atoms in total. The summed E-state index contributed by atoms with van der Waals surface area (Å²) in [5.74, 6) is 0.0294. The van der Waals surface area contributed by atoms with Crippen molar-refractivity contribution in [1.29, 1.82) is 0 Å². The largest absolute Gasteiger partial charge is 0.489 e. The first-order valence-electron chi connectivity index (χ1n) is 8.64. The lowest BCUT2D eigenvalue weighted by molar-refractivity contribution is -0.120. The van der Waals surface area contributed by atoms with Crippen LogP contribution in [0.25, 0.3) is 0 Å². The molecular formula is C20H23Cl2FN2O2. The summed E-state index contributed by atoms with van der Waals surface area (Å²) in [6.07, 6.45) is 0.650. The van der Waals surface area contributed by atoms with Gasteiger partial charge in [-0.25, -0.2) is 4.39 Å². The van der Waals surface area contributed by atoms with Gasteiger partial charge in [-0.15, -0.1) is 0 Å². The minimum atomic E-state index is -0.419. The summed E-state index contributed by atoms with van der Waals surface area (Å²) >= 11 is 12.3. The fourth-order valence-electron chi connectivity index (χ4n) is 2.59. The molecule has 3 N–H and O–H groups in total. The van der Waals surface area contributed by atoms with Gasteiger partial charge < -0.3 is 15.8 Å². The molecule has 2 rings (SSSR count). The lowest BCUT2D eigenvalue weighted by Crippen LogP contribution is -2.41. The smallest absolute Gasteiger partial charge is 0.234 e. The molecule has 0 aliphatic rings. The molecule has 0 aliphatic carbocycles. The monoisotopic (exact) mass is 412 g/mol. The van der Waals surface area contributed by atoms with E-state index in [9.17, 15) is 9.18 Å². The first-order chi connectivity index (χ1) is 12.8. The predicted molar refractivity (Wildman–Crippen MR) is 106 cm³/mol. The predicted octanol–water partition coefficient (Wildman–Crippen LogP) is 4.70. The fourth-order valence-corrected chi connectivity index (χ4v) is 3.05. The summed E-state index contributed by atoms with van der Waals surface area (Å²) in [6, 6.07) is 9.24. The number of hydrogen-bond donors (Lipinski definition) is 2. The molecule has 27 heavy (non-hydrogen) atoms. The lowest BCUT2D eigenvalue weighted by Gasteiger charge is -2.18. The van der Waals surface area contributed by atoms with Gasteiger partial charge in [0.05, 0.1) is 11.1 Å². The highest BCUT2D eigenvalue weighted by atomic mass is 35.5. The number of carbonyl (C=O) groups excluding carboxylic acids is 1. The van der Waals surface area contributed by atoms with Gasteiger partial charge in [-0.2, -0.15) is 0 Å². The van der Waals surface area contributed by atoms with Crippen molar-refractivity contribution in [1.82, 2.24) is 5.32 Å². The van der Waals surface area contributed by atoms with E-state index in [1.807, 2.05) is 13.8 Å². The van der Waals surface area contributed by atoms with Crippen molar-refractivity contribution in [3.63, 3.8) is 0 Å². The number of carbonyl (C=O) groups is 1. The molecule has 1 unspecified atom stereocenters. The van der Waals surface area contributed by atoms with Crippen LogP contribution in [0.3, 0.4) is 0 Å². The number of rotatable bonds is 9. The second kappa shape index (κ2) is 9.93. The summed E-state index contributed by atoms with van der Waals surface area (Å²) in [5, 5.41) is 3.92. The van der Waals surface area contributed by atoms with Crippen LogP contribution in [-0.2, 0) is 17.9 Å². The van der Waals surface area contributed by atoms with Crippen molar-refractivity contribution in [2.75, 3.05) is 0 Å². The van der Waals surface area contributed by atoms with E-state index in [0.717, 1.165) is 5.56 Å². The highest BCUT2D eigenvalue weighted by molar-refractivity contribution is 6.31. The summed E-state index contributed by atoms with van der Waals surface area (Å²) in [5.41, 5.74) is 6.53. The second-order valence-electron chi connectivity index (χ2n) is 6.71. The summed E-state index contributed by atoms with van der Waals surface area (Å²) in [7, 11) is 0. The van der Waals surface area contributed by atoms with E-state index in [0.29, 0.717) is 40.2 Å². The Morgan fingerprint density at radius 1 is 1.22 bits per heavy atom. The van der Waals surface area contributed by atoms with Gasteiger partial charge in [-0.1, -0.05) is 49.2 Å². The highest BCUT2D eigenvalue weighted by Gasteiger charge is 2.17. The van der Waals surface area contributed by atoms with E-state index in [1.165, 1.54) is 6.07 Å². The lowest BCUT2D eigenvalue weighted by atomic mass is 10.0. The first kappa shape index (κ1) is 21.5. The van der Waals surface area contributed by atoms with Crippen LogP contribution in [0.2, 0.25) is 10.0 Å². The van der Waals surface area contributed by atoms with Crippen LogP contribution in [0.15, 0.2) is 36.4 Å². The molecule has 1 amide bonds. The van der Waals surface area contributed by atoms with Crippen molar-refractivity contribution >= 4 is 29.1 Å². The molecule has 0 fully saturated rings. The third-order valence-corrected chi connectivity index (χ3v) is 4.76. The van der Waals surface area contributed by atoms with Crippen molar-refractivity contribution in [2.45, 2.75) is 39.5 Å². The van der Waals surface area contributed by atoms with Crippen molar-refractivity contribution < 1.29 is 13.9 Å². The summed E-state index contributed by atoms with van der Waals surface area (Å²) in [4.78, 5) is 11.5. The molecule has 7 heteroatoms. The van der Waals surface area contributed by atoms with Gasteiger partial charge in [0, 0.05) is 17.1 Å². The Labute approximate surface area is 168 Å². The van der Waals surface area contributed by atoms with Crippen LogP contribution in [0.1, 0.15) is 31.4 Å². The molecule has 2 aromatic rings. The number of amides is 1. The second-order valence-corrected chi connectivity index (χ2v) is 7.52. The van der Waals surface area contributed by atoms with Crippen molar-refractivity contribution in [3.05, 3.63) is 63.4 Å². The molecule has 0 bridgehead atoms. The van der Waals surface area contributed by atoms with E-state index in [4.69, 9.17) is 33.7 Å². The maximum Gasteiger partial charge on any atom is 0.234 e. The number of hydrogen-bond acceptors (Lipinski definition) is 3. The van der Waals surface area contributed by atoms with Crippen LogP contribution >= 0.6 is 23.2 Å². The Morgan fingerprint density at radius 2 is 1.96 bits per heavy atom. The number of nitrogens with two attached hydrogens (primary N) is 1. The Bertz CT molecular complexity index is 779. The molecular weight excluding hydrogens is 390 g/mol. The van der Waals surface area contributed by atoms with Crippen LogP contribution in [0.5, 0.6) is 5.75 Å². The van der Waals surface area contributed by atoms with Gasteiger partial charge >= 0.3 is 0 Å². The minimum Gasteiger partial charge on any atom is -0.489 e. The average molecular weight is 413 g/mol. The molecule has 0 aromatic heterocycles. The molecule has 146 valence electrons. The minimum absolute atomic E-state index is 0.00241. The molecule has 0 heterocycles.